The molecule has 0 spiro atoms. The molecule has 0 radical (unpaired) electrons. The summed E-state index contributed by atoms with van der Waals surface area (Å²) in [5, 5.41) is 13.7. The highest BCUT2D eigenvalue weighted by Gasteiger charge is 2.22. The molecule has 1 aliphatic carbocycles. The number of ether oxygens (including phenoxy) is 1. The predicted molar refractivity (Wildman–Crippen MR) is 122 cm³/mol. The first-order chi connectivity index (χ1) is 15.0. The first kappa shape index (κ1) is 21.2. The van der Waals surface area contributed by atoms with Crippen LogP contribution in [0.1, 0.15) is 49.4 Å². The molecule has 8 heteroatoms. The molecule has 1 saturated carbocycles. The van der Waals surface area contributed by atoms with Crippen LogP contribution in [0.3, 0.4) is 0 Å². The summed E-state index contributed by atoms with van der Waals surface area (Å²) >= 11 is 3.43. The number of rotatable bonds is 6. The largest absolute Gasteiger partial charge is 0.482 e. The molecule has 1 fully saturated rings. The van der Waals surface area contributed by atoms with E-state index in [1.54, 1.807) is 36.5 Å². The predicted octanol–water partition coefficient (Wildman–Crippen LogP) is 4.55. The maximum absolute atomic E-state index is 13.3. The Morgan fingerprint density at radius 2 is 1.94 bits per heavy atom. The van der Waals surface area contributed by atoms with Gasteiger partial charge in [-0.05, 0) is 60.9 Å². The second kappa shape index (κ2) is 9.43. The summed E-state index contributed by atoms with van der Waals surface area (Å²) in [6.45, 7) is -0.397. The maximum atomic E-state index is 13.3. The van der Waals surface area contributed by atoms with E-state index in [0.717, 1.165) is 35.7 Å². The van der Waals surface area contributed by atoms with Gasteiger partial charge in [0.2, 0.25) is 0 Å². The number of benzene rings is 2. The van der Waals surface area contributed by atoms with Crippen molar-refractivity contribution < 1.29 is 14.6 Å². The smallest absolute Gasteiger partial charge is 0.341 e. The van der Waals surface area contributed by atoms with Gasteiger partial charge in [-0.2, -0.15) is 9.78 Å². The molecule has 160 valence electrons. The molecule has 2 aromatic carbocycles. The van der Waals surface area contributed by atoms with E-state index in [-0.39, 0.29) is 11.5 Å². The van der Waals surface area contributed by atoms with Gasteiger partial charge in [-0.1, -0.05) is 35.2 Å². The summed E-state index contributed by atoms with van der Waals surface area (Å²) in [7, 11) is 0. The molecule has 1 N–H and O–H groups in total. The Morgan fingerprint density at radius 3 is 2.65 bits per heavy atom. The van der Waals surface area contributed by atoms with Crippen molar-refractivity contribution in [3.8, 4) is 5.75 Å². The van der Waals surface area contributed by atoms with E-state index < -0.39 is 12.6 Å². The van der Waals surface area contributed by atoms with Crippen LogP contribution in [0.5, 0.6) is 5.75 Å². The number of hydrogen-bond acceptors (Lipinski definition) is 5. The average molecular weight is 484 g/mol. The molecule has 7 nitrogen and oxygen atoms in total. The Balaban J connectivity index is 1.70. The van der Waals surface area contributed by atoms with E-state index in [1.165, 1.54) is 11.1 Å². The van der Waals surface area contributed by atoms with Crippen LogP contribution in [0.25, 0.3) is 10.9 Å². The fourth-order valence-corrected chi connectivity index (χ4v) is 4.18. The van der Waals surface area contributed by atoms with Crippen LogP contribution in [0, 0.1) is 0 Å². The standard InChI is InChI=1S/C23H22BrN3O4/c24-17-8-11-20-19(12-17)23(30)27(22(26-20)16-4-2-1-3-5-16)25-13-15-6-9-18(10-7-15)31-14-21(28)29/h6-13,16H,1-5,14H2,(H,28,29). The molecule has 1 aromatic heterocycles. The number of aromatic nitrogens is 2. The van der Waals surface area contributed by atoms with Crippen LogP contribution in [0.4, 0.5) is 0 Å². The number of fused-ring (bicyclic) bond motifs is 1. The van der Waals surface area contributed by atoms with Crippen molar-refractivity contribution >= 4 is 39.0 Å². The highest BCUT2D eigenvalue weighted by molar-refractivity contribution is 9.10. The molecule has 3 aromatic rings. The molecule has 4 rings (SSSR count). The number of hydrogen-bond donors (Lipinski definition) is 1. The molecule has 0 bridgehead atoms. The quantitative estimate of drug-likeness (QED) is 0.518. The molecule has 0 amide bonds. The minimum Gasteiger partial charge on any atom is -0.482 e. The number of carboxylic acids is 1. The zero-order valence-corrected chi connectivity index (χ0v) is 18.4. The maximum Gasteiger partial charge on any atom is 0.341 e. The van der Waals surface area contributed by atoms with Gasteiger partial charge in [-0.15, -0.1) is 0 Å². The Hall–Kier alpha value is -3.00. The molecule has 31 heavy (non-hydrogen) atoms. The van der Waals surface area contributed by atoms with Gasteiger partial charge in [-0.25, -0.2) is 9.78 Å². The van der Waals surface area contributed by atoms with Gasteiger partial charge in [-0.3, -0.25) is 4.79 Å². The number of nitrogens with zero attached hydrogens (tertiary/aromatic N) is 3. The topological polar surface area (TPSA) is 93.8 Å². The molecule has 0 unspecified atom stereocenters. The van der Waals surface area contributed by atoms with Gasteiger partial charge in [0.25, 0.3) is 5.56 Å². The molecule has 0 atom stereocenters. The third-order valence-electron chi connectivity index (χ3n) is 5.37. The fourth-order valence-electron chi connectivity index (χ4n) is 3.82. The first-order valence-corrected chi connectivity index (χ1v) is 11.0. The zero-order valence-electron chi connectivity index (χ0n) is 16.8. The minimum absolute atomic E-state index is 0.190. The van der Waals surface area contributed by atoms with E-state index in [9.17, 15) is 9.59 Å². The second-order valence-electron chi connectivity index (χ2n) is 7.58. The van der Waals surface area contributed by atoms with Gasteiger partial charge < -0.3 is 9.84 Å². The monoisotopic (exact) mass is 483 g/mol. The lowest BCUT2D eigenvalue weighted by Gasteiger charge is -2.22. The van der Waals surface area contributed by atoms with Crippen LogP contribution >= 0.6 is 15.9 Å². The summed E-state index contributed by atoms with van der Waals surface area (Å²) in [4.78, 5) is 28.7. The van der Waals surface area contributed by atoms with Crippen LogP contribution < -0.4 is 10.3 Å². The van der Waals surface area contributed by atoms with Crippen molar-refractivity contribution in [2.24, 2.45) is 5.10 Å². The number of carboxylic acid groups (broad SMARTS) is 1. The van der Waals surface area contributed by atoms with Crippen LogP contribution in [-0.4, -0.2) is 33.6 Å². The van der Waals surface area contributed by atoms with E-state index in [0.29, 0.717) is 22.5 Å². The first-order valence-electron chi connectivity index (χ1n) is 10.2. The summed E-state index contributed by atoms with van der Waals surface area (Å²) < 4.78 is 7.40. The second-order valence-corrected chi connectivity index (χ2v) is 8.50. The average Bonchev–Trinajstić information content (AvgIpc) is 2.78. The molecule has 0 aliphatic heterocycles. The molecule has 0 saturated heterocycles. The van der Waals surface area contributed by atoms with Crippen LogP contribution in [0.2, 0.25) is 0 Å². The number of aliphatic carboxylic acids is 1. The van der Waals surface area contributed by atoms with Gasteiger partial charge >= 0.3 is 5.97 Å². The van der Waals surface area contributed by atoms with Crippen molar-refractivity contribution in [1.82, 2.24) is 9.66 Å². The Labute approximate surface area is 187 Å². The van der Waals surface area contributed by atoms with Crippen molar-refractivity contribution in [2.75, 3.05) is 6.61 Å². The van der Waals surface area contributed by atoms with Crippen molar-refractivity contribution in [3.05, 3.63) is 68.7 Å². The summed E-state index contributed by atoms with van der Waals surface area (Å²) in [5.41, 5.74) is 1.25. The highest BCUT2D eigenvalue weighted by atomic mass is 79.9. The Bertz CT molecular complexity index is 1180. The van der Waals surface area contributed by atoms with Gasteiger partial charge in [0.15, 0.2) is 6.61 Å². The SMILES string of the molecule is O=C(O)COc1ccc(C=Nn2c(C3CCCCC3)nc3ccc(Br)cc3c2=O)cc1. The third kappa shape index (κ3) is 5.02. The third-order valence-corrected chi connectivity index (χ3v) is 5.86. The normalized spacial score (nSPS) is 14.9. The molecular formula is C23H22BrN3O4. The van der Waals surface area contributed by atoms with Gasteiger partial charge in [0.1, 0.15) is 11.6 Å². The van der Waals surface area contributed by atoms with E-state index in [4.69, 9.17) is 14.8 Å². The molecule has 1 heterocycles. The lowest BCUT2D eigenvalue weighted by Crippen LogP contribution is -2.25. The Morgan fingerprint density at radius 1 is 1.19 bits per heavy atom. The van der Waals surface area contributed by atoms with Crippen LogP contribution in [-0.2, 0) is 4.79 Å². The van der Waals surface area contributed by atoms with Gasteiger partial charge in [0.05, 0.1) is 17.1 Å². The lowest BCUT2D eigenvalue weighted by molar-refractivity contribution is -0.139. The number of halogens is 1. The minimum atomic E-state index is -1.03. The molecular weight excluding hydrogens is 462 g/mol. The zero-order chi connectivity index (χ0) is 21.8. The number of carbonyl (C=O) groups is 1. The van der Waals surface area contributed by atoms with Crippen molar-refractivity contribution in [3.63, 3.8) is 0 Å². The lowest BCUT2D eigenvalue weighted by atomic mass is 9.88. The highest BCUT2D eigenvalue weighted by Crippen LogP contribution is 2.32. The summed E-state index contributed by atoms with van der Waals surface area (Å²) in [6, 6.07) is 12.4. The van der Waals surface area contributed by atoms with Crippen molar-refractivity contribution in [2.45, 2.75) is 38.0 Å². The Kier molecular flexibility index (Phi) is 6.46. The summed E-state index contributed by atoms with van der Waals surface area (Å²) in [5.74, 6) is 0.336. The van der Waals surface area contributed by atoms with E-state index in [1.807, 2.05) is 12.1 Å². The van der Waals surface area contributed by atoms with Crippen molar-refractivity contribution in [1.29, 1.82) is 0 Å². The van der Waals surface area contributed by atoms with Gasteiger partial charge in [0, 0.05) is 10.4 Å². The molecule has 1 aliphatic rings. The van der Waals surface area contributed by atoms with E-state index in [2.05, 4.69) is 21.0 Å². The van der Waals surface area contributed by atoms with E-state index >= 15 is 0 Å². The summed E-state index contributed by atoms with van der Waals surface area (Å²) in [6.07, 6.45) is 7.07. The fraction of sp³-hybridized carbons (Fsp3) is 0.304. The van der Waals surface area contributed by atoms with Crippen LogP contribution in [0.15, 0.2) is 56.8 Å².